The molecule has 0 saturated carbocycles. The minimum absolute atomic E-state index is 0.633. The molecule has 1 aromatic carbocycles. The van der Waals surface area contributed by atoms with Gasteiger partial charge in [0.15, 0.2) is 0 Å². The minimum Gasteiger partial charge on any atom is -0.382 e. The molecule has 2 rings (SSSR count). The van der Waals surface area contributed by atoms with Gasteiger partial charge in [0, 0.05) is 28.4 Å². The van der Waals surface area contributed by atoms with Crippen molar-refractivity contribution >= 4 is 38.8 Å². The van der Waals surface area contributed by atoms with E-state index in [9.17, 15) is 0 Å². The third-order valence-corrected chi connectivity index (χ3v) is 3.93. The van der Waals surface area contributed by atoms with Crippen LogP contribution in [-0.4, -0.2) is 43.7 Å². The van der Waals surface area contributed by atoms with Crippen molar-refractivity contribution in [2.24, 2.45) is 0 Å². The van der Waals surface area contributed by atoms with Gasteiger partial charge in [-0.25, -0.2) is 0 Å². The van der Waals surface area contributed by atoms with Crippen LogP contribution in [-0.2, 0) is 9.47 Å². The molecule has 1 heterocycles. The molecule has 0 fully saturated rings. The lowest BCUT2D eigenvalue weighted by Gasteiger charge is -2.06. The van der Waals surface area contributed by atoms with Gasteiger partial charge in [-0.05, 0) is 40.0 Å². The van der Waals surface area contributed by atoms with Gasteiger partial charge in [-0.3, -0.25) is 9.82 Å². The van der Waals surface area contributed by atoms with E-state index < -0.39 is 0 Å². The first-order valence-corrected chi connectivity index (χ1v) is 7.51. The van der Waals surface area contributed by atoms with Crippen LogP contribution in [0.15, 0.2) is 27.7 Å². The number of hydrogen-bond acceptors (Lipinski definition) is 5. The van der Waals surface area contributed by atoms with Crippen LogP contribution in [0.5, 0.6) is 0 Å². The Kier molecular flexibility index (Phi) is 6.12. The standard InChI is InChI=1S/C12H16BrN3O2S/c1-17-4-5-18-3-2-15-19-9-6-11(13)10-8-14-16-12(10)7-9/h6-8,15H,2-5H2,1H3,(H,14,16). The molecule has 19 heavy (non-hydrogen) atoms. The highest BCUT2D eigenvalue weighted by molar-refractivity contribution is 9.10. The zero-order valence-corrected chi connectivity index (χ0v) is 13.0. The van der Waals surface area contributed by atoms with Crippen molar-refractivity contribution < 1.29 is 9.47 Å². The van der Waals surface area contributed by atoms with Gasteiger partial charge < -0.3 is 9.47 Å². The molecule has 2 aromatic rings. The Balaban J connectivity index is 1.75. The Labute approximate surface area is 124 Å². The number of aromatic nitrogens is 2. The van der Waals surface area contributed by atoms with Crippen molar-refractivity contribution in [3.63, 3.8) is 0 Å². The van der Waals surface area contributed by atoms with Gasteiger partial charge in [0.05, 0.1) is 31.5 Å². The van der Waals surface area contributed by atoms with E-state index in [1.165, 1.54) is 0 Å². The van der Waals surface area contributed by atoms with Gasteiger partial charge in [0.25, 0.3) is 0 Å². The summed E-state index contributed by atoms with van der Waals surface area (Å²) < 4.78 is 14.6. The van der Waals surface area contributed by atoms with E-state index in [0.717, 1.165) is 26.8 Å². The third-order valence-electron chi connectivity index (χ3n) is 2.45. The average Bonchev–Trinajstić information content (AvgIpc) is 2.86. The van der Waals surface area contributed by atoms with E-state index in [1.54, 1.807) is 19.1 Å². The molecule has 0 aliphatic rings. The van der Waals surface area contributed by atoms with Crippen molar-refractivity contribution in [2.75, 3.05) is 33.5 Å². The van der Waals surface area contributed by atoms with Crippen LogP contribution in [0.3, 0.4) is 0 Å². The van der Waals surface area contributed by atoms with Gasteiger partial charge in [-0.1, -0.05) is 0 Å². The highest BCUT2D eigenvalue weighted by Gasteiger charge is 2.04. The number of rotatable bonds is 8. The first-order valence-electron chi connectivity index (χ1n) is 5.90. The molecule has 0 amide bonds. The third kappa shape index (κ3) is 4.47. The molecule has 0 aliphatic carbocycles. The number of H-pyrrole nitrogens is 1. The predicted octanol–water partition coefficient (Wildman–Crippen LogP) is 2.59. The molecule has 104 valence electrons. The van der Waals surface area contributed by atoms with E-state index in [-0.39, 0.29) is 0 Å². The summed E-state index contributed by atoms with van der Waals surface area (Å²) in [6.45, 7) is 2.72. The quantitative estimate of drug-likeness (QED) is 0.568. The molecule has 0 radical (unpaired) electrons. The van der Waals surface area contributed by atoms with Crippen molar-refractivity contribution in [1.82, 2.24) is 14.9 Å². The van der Waals surface area contributed by atoms with Crippen molar-refractivity contribution in [1.29, 1.82) is 0 Å². The topological polar surface area (TPSA) is 59.2 Å². The molecule has 0 saturated heterocycles. The summed E-state index contributed by atoms with van der Waals surface area (Å²) in [6, 6.07) is 4.14. The van der Waals surface area contributed by atoms with E-state index >= 15 is 0 Å². The van der Waals surface area contributed by atoms with E-state index in [2.05, 4.69) is 43.0 Å². The summed E-state index contributed by atoms with van der Waals surface area (Å²) in [5.74, 6) is 0. The predicted molar refractivity (Wildman–Crippen MR) is 80.3 cm³/mol. The number of hydrogen-bond donors (Lipinski definition) is 2. The Hall–Kier alpha value is -0.600. The maximum absolute atomic E-state index is 5.37. The highest BCUT2D eigenvalue weighted by atomic mass is 79.9. The van der Waals surface area contributed by atoms with Crippen LogP contribution in [0.25, 0.3) is 10.9 Å². The molecule has 7 heteroatoms. The Bertz CT molecular complexity index is 521. The maximum Gasteiger partial charge on any atom is 0.0700 e. The highest BCUT2D eigenvalue weighted by Crippen LogP contribution is 2.28. The first-order chi connectivity index (χ1) is 9.31. The number of halogens is 1. The van der Waals surface area contributed by atoms with Crippen molar-refractivity contribution in [3.05, 3.63) is 22.8 Å². The molecule has 2 N–H and O–H groups in total. The Morgan fingerprint density at radius 3 is 3.11 bits per heavy atom. The van der Waals surface area contributed by atoms with Gasteiger partial charge in [0.2, 0.25) is 0 Å². The first kappa shape index (κ1) is 14.8. The second-order valence-electron chi connectivity index (χ2n) is 3.84. The normalized spacial score (nSPS) is 11.3. The Morgan fingerprint density at radius 2 is 2.26 bits per heavy atom. The van der Waals surface area contributed by atoms with Crippen LogP contribution in [0.4, 0.5) is 0 Å². The summed E-state index contributed by atoms with van der Waals surface area (Å²) in [6.07, 6.45) is 1.81. The van der Waals surface area contributed by atoms with Crippen LogP contribution in [0.1, 0.15) is 0 Å². The van der Waals surface area contributed by atoms with Gasteiger partial charge in [-0.2, -0.15) is 5.10 Å². The molecular weight excluding hydrogens is 330 g/mol. The minimum atomic E-state index is 0.633. The number of ether oxygens (including phenoxy) is 2. The average molecular weight is 346 g/mol. The van der Waals surface area contributed by atoms with Crippen molar-refractivity contribution in [2.45, 2.75) is 4.90 Å². The van der Waals surface area contributed by atoms with Gasteiger partial charge in [0.1, 0.15) is 0 Å². The van der Waals surface area contributed by atoms with Gasteiger partial charge in [-0.15, -0.1) is 0 Å². The summed E-state index contributed by atoms with van der Waals surface area (Å²) in [5, 5.41) is 8.08. The maximum atomic E-state index is 5.37. The fraction of sp³-hybridized carbons (Fsp3) is 0.417. The zero-order chi connectivity index (χ0) is 13.5. The fourth-order valence-corrected chi connectivity index (χ4v) is 2.95. The molecule has 0 atom stereocenters. The molecule has 1 aromatic heterocycles. The second kappa shape index (κ2) is 7.86. The van der Waals surface area contributed by atoms with Crippen molar-refractivity contribution in [3.8, 4) is 0 Å². The molecule has 0 unspecified atom stereocenters. The van der Waals surface area contributed by atoms with E-state index in [1.807, 2.05) is 6.20 Å². The van der Waals surface area contributed by atoms with Crippen LogP contribution < -0.4 is 4.72 Å². The SMILES string of the molecule is COCCOCCNSc1cc(Br)c2cn[nH]c2c1. The summed E-state index contributed by atoms with van der Waals surface area (Å²) in [7, 11) is 1.67. The lowest BCUT2D eigenvalue weighted by molar-refractivity contribution is 0.0738. The number of benzene rings is 1. The number of fused-ring (bicyclic) bond motifs is 1. The fourth-order valence-electron chi connectivity index (χ4n) is 1.53. The summed E-state index contributed by atoms with van der Waals surface area (Å²) in [5.41, 5.74) is 1.02. The van der Waals surface area contributed by atoms with E-state index in [0.29, 0.717) is 19.8 Å². The van der Waals surface area contributed by atoms with Crippen LogP contribution in [0.2, 0.25) is 0 Å². The molecule has 0 aliphatic heterocycles. The number of nitrogens with one attached hydrogen (secondary N) is 2. The zero-order valence-electron chi connectivity index (χ0n) is 10.6. The lowest BCUT2D eigenvalue weighted by Crippen LogP contribution is -2.14. The summed E-state index contributed by atoms with van der Waals surface area (Å²) in [4.78, 5) is 1.13. The molecular formula is C12H16BrN3O2S. The van der Waals surface area contributed by atoms with Crippen LogP contribution >= 0.6 is 27.9 Å². The van der Waals surface area contributed by atoms with Gasteiger partial charge >= 0.3 is 0 Å². The molecule has 0 spiro atoms. The smallest absolute Gasteiger partial charge is 0.0700 e. The summed E-state index contributed by atoms with van der Waals surface area (Å²) >= 11 is 5.12. The lowest BCUT2D eigenvalue weighted by atomic mass is 10.3. The molecule has 5 nitrogen and oxygen atoms in total. The number of aromatic amines is 1. The van der Waals surface area contributed by atoms with Crippen LogP contribution in [0, 0.1) is 0 Å². The largest absolute Gasteiger partial charge is 0.382 e. The second-order valence-corrected chi connectivity index (χ2v) is 5.66. The number of methoxy groups -OCH3 is 1. The monoisotopic (exact) mass is 345 g/mol. The van der Waals surface area contributed by atoms with E-state index in [4.69, 9.17) is 9.47 Å². The Morgan fingerprint density at radius 1 is 1.37 bits per heavy atom. The molecule has 0 bridgehead atoms. The number of nitrogens with zero attached hydrogens (tertiary/aromatic N) is 1.